The Balaban J connectivity index is 1.95. The molecule has 1 aliphatic heterocycles. The van der Waals surface area contributed by atoms with Gasteiger partial charge in [-0.2, -0.15) is 0 Å². The molecule has 104 valence electrons. The second-order valence-corrected chi connectivity index (χ2v) is 6.73. The second-order valence-electron chi connectivity index (χ2n) is 6.73. The zero-order valence-electron chi connectivity index (χ0n) is 12.1. The van der Waals surface area contributed by atoms with Crippen molar-refractivity contribution in [1.82, 2.24) is 4.90 Å². The molecular formula is C15H28N2O. The van der Waals surface area contributed by atoms with Gasteiger partial charge in [-0.25, -0.2) is 0 Å². The molecule has 4 unspecified atom stereocenters. The summed E-state index contributed by atoms with van der Waals surface area (Å²) in [5.41, 5.74) is 6.03. The molecule has 2 rings (SSSR count). The highest BCUT2D eigenvalue weighted by Gasteiger charge is 2.36. The Morgan fingerprint density at radius 2 is 2.00 bits per heavy atom. The summed E-state index contributed by atoms with van der Waals surface area (Å²) >= 11 is 0. The molecule has 0 bridgehead atoms. The number of amides is 1. The van der Waals surface area contributed by atoms with Gasteiger partial charge in [0.05, 0.1) is 0 Å². The number of carbonyl (C=O) groups is 1. The maximum absolute atomic E-state index is 12.6. The van der Waals surface area contributed by atoms with E-state index in [-0.39, 0.29) is 12.0 Å². The molecule has 2 N–H and O–H groups in total. The number of likely N-dealkylation sites (tertiary alicyclic amines) is 1. The first-order chi connectivity index (χ1) is 8.49. The minimum atomic E-state index is 0.180. The SMILES string of the molecule is CC(C)C1CCN(C(=O)C2CC(N)CCC2C)C1. The summed E-state index contributed by atoms with van der Waals surface area (Å²) in [4.78, 5) is 14.7. The molecule has 3 nitrogen and oxygen atoms in total. The van der Waals surface area contributed by atoms with E-state index in [1.807, 2.05) is 0 Å². The van der Waals surface area contributed by atoms with E-state index < -0.39 is 0 Å². The van der Waals surface area contributed by atoms with Crippen LogP contribution in [0.25, 0.3) is 0 Å². The summed E-state index contributed by atoms with van der Waals surface area (Å²) < 4.78 is 0. The Morgan fingerprint density at radius 3 is 2.61 bits per heavy atom. The summed E-state index contributed by atoms with van der Waals surface area (Å²) in [6.07, 6.45) is 4.26. The normalized spacial score (nSPS) is 37.3. The van der Waals surface area contributed by atoms with Gasteiger partial charge in [0, 0.05) is 25.0 Å². The molecule has 3 heteroatoms. The first-order valence-electron chi connectivity index (χ1n) is 7.53. The van der Waals surface area contributed by atoms with Gasteiger partial charge in [0.2, 0.25) is 5.91 Å². The molecule has 0 aromatic carbocycles. The molecule has 18 heavy (non-hydrogen) atoms. The Hall–Kier alpha value is -0.570. The van der Waals surface area contributed by atoms with Crippen molar-refractivity contribution < 1.29 is 4.79 Å². The van der Waals surface area contributed by atoms with Gasteiger partial charge in [0.1, 0.15) is 0 Å². The number of hydrogen-bond acceptors (Lipinski definition) is 2. The van der Waals surface area contributed by atoms with Crippen LogP contribution in [-0.4, -0.2) is 29.9 Å². The van der Waals surface area contributed by atoms with E-state index in [0.717, 1.165) is 32.4 Å². The molecule has 1 heterocycles. The third-order valence-corrected chi connectivity index (χ3v) is 5.03. The van der Waals surface area contributed by atoms with Crippen LogP contribution in [0.2, 0.25) is 0 Å². The number of nitrogens with two attached hydrogens (primary N) is 1. The van der Waals surface area contributed by atoms with Crippen LogP contribution in [0.15, 0.2) is 0 Å². The average Bonchev–Trinajstić information content (AvgIpc) is 2.81. The second kappa shape index (κ2) is 5.60. The van der Waals surface area contributed by atoms with Gasteiger partial charge in [-0.05, 0) is 43.4 Å². The molecule has 0 spiro atoms. The summed E-state index contributed by atoms with van der Waals surface area (Å²) in [5.74, 6) is 2.45. The zero-order valence-corrected chi connectivity index (χ0v) is 12.1. The third kappa shape index (κ3) is 2.87. The maximum atomic E-state index is 12.6. The highest BCUT2D eigenvalue weighted by Crippen LogP contribution is 2.33. The van der Waals surface area contributed by atoms with Crippen LogP contribution in [0.5, 0.6) is 0 Å². The average molecular weight is 252 g/mol. The van der Waals surface area contributed by atoms with Gasteiger partial charge in [-0.1, -0.05) is 20.8 Å². The molecule has 4 atom stereocenters. The van der Waals surface area contributed by atoms with Crippen LogP contribution in [-0.2, 0) is 4.79 Å². The monoisotopic (exact) mass is 252 g/mol. The van der Waals surface area contributed by atoms with E-state index in [0.29, 0.717) is 23.7 Å². The first-order valence-corrected chi connectivity index (χ1v) is 7.53. The lowest BCUT2D eigenvalue weighted by Gasteiger charge is -2.34. The maximum Gasteiger partial charge on any atom is 0.226 e. The molecular weight excluding hydrogens is 224 g/mol. The molecule has 1 aliphatic carbocycles. The minimum Gasteiger partial charge on any atom is -0.342 e. The Morgan fingerprint density at radius 1 is 1.28 bits per heavy atom. The van der Waals surface area contributed by atoms with Crippen molar-refractivity contribution in [1.29, 1.82) is 0 Å². The molecule has 2 aliphatic rings. The van der Waals surface area contributed by atoms with Crippen LogP contribution in [0.4, 0.5) is 0 Å². The largest absolute Gasteiger partial charge is 0.342 e. The predicted octanol–water partition coefficient (Wildman–Crippen LogP) is 2.25. The minimum absolute atomic E-state index is 0.180. The van der Waals surface area contributed by atoms with Crippen LogP contribution in [0.3, 0.4) is 0 Å². The molecule has 1 saturated heterocycles. The Labute approximate surface area is 111 Å². The van der Waals surface area contributed by atoms with E-state index >= 15 is 0 Å². The molecule has 0 aromatic rings. The zero-order chi connectivity index (χ0) is 13.3. The summed E-state index contributed by atoms with van der Waals surface area (Å²) in [5, 5.41) is 0. The number of carbonyl (C=O) groups excluding carboxylic acids is 1. The van der Waals surface area contributed by atoms with Crippen molar-refractivity contribution in [3.8, 4) is 0 Å². The van der Waals surface area contributed by atoms with Crippen molar-refractivity contribution in [2.24, 2.45) is 29.4 Å². The number of hydrogen-bond donors (Lipinski definition) is 1. The van der Waals surface area contributed by atoms with Gasteiger partial charge in [-0.3, -0.25) is 4.79 Å². The van der Waals surface area contributed by atoms with Crippen molar-refractivity contribution in [2.75, 3.05) is 13.1 Å². The van der Waals surface area contributed by atoms with E-state index in [9.17, 15) is 4.79 Å². The lowest BCUT2D eigenvalue weighted by atomic mass is 9.77. The molecule has 1 amide bonds. The van der Waals surface area contributed by atoms with Crippen molar-refractivity contribution in [2.45, 2.75) is 52.5 Å². The summed E-state index contributed by atoms with van der Waals surface area (Å²) in [6, 6.07) is 0.235. The number of rotatable bonds is 2. The highest BCUT2D eigenvalue weighted by molar-refractivity contribution is 5.79. The Bertz CT molecular complexity index is 303. The van der Waals surface area contributed by atoms with E-state index in [2.05, 4.69) is 25.7 Å². The molecule has 0 radical (unpaired) electrons. The smallest absolute Gasteiger partial charge is 0.226 e. The first kappa shape index (κ1) is 13.9. The van der Waals surface area contributed by atoms with Gasteiger partial charge in [0.15, 0.2) is 0 Å². The van der Waals surface area contributed by atoms with E-state index in [4.69, 9.17) is 5.73 Å². The number of nitrogens with zero attached hydrogens (tertiary/aromatic N) is 1. The predicted molar refractivity (Wildman–Crippen MR) is 74.0 cm³/mol. The van der Waals surface area contributed by atoms with E-state index in [1.165, 1.54) is 6.42 Å². The van der Waals surface area contributed by atoms with Crippen molar-refractivity contribution >= 4 is 5.91 Å². The highest BCUT2D eigenvalue weighted by atomic mass is 16.2. The topological polar surface area (TPSA) is 46.3 Å². The third-order valence-electron chi connectivity index (χ3n) is 5.03. The molecule has 2 fully saturated rings. The quantitative estimate of drug-likeness (QED) is 0.819. The fourth-order valence-corrected chi connectivity index (χ4v) is 3.46. The lowest BCUT2D eigenvalue weighted by molar-refractivity contribution is -0.137. The molecule has 0 aromatic heterocycles. The van der Waals surface area contributed by atoms with Crippen LogP contribution >= 0.6 is 0 Å². The van der Waals surface area contributed by atoms with E-state index in [1.54, 1.807) is 0 Å². The summed E-state index contributed by atoms with van der Waals surface area (Å²) in [7, 11) is 0. The standard InChI is InChI=1S/C15H28N2O/c1-10(2)12-6-7-17(9-12)15(18)14-8-13(16)5-4-11(14)3/h10-14H,4-9,16H2,1-3H3. The van der Waals surface area contributed by atoms with Crippen molar-refractivity contribution in [3.05, 3.63) is 0 Å². The molecule has 1 saturated carbocycles. The van der Waals surface area contributed by atoms with Crippen LogP contribution in [0, 0.1) is 23.7 Å². The fraction of sp³-hybridized carbons (Fsp3) is 0.933. The van der Waals surface area contributed by atoms with Crippen LogP contribution < -0.4 is 5.73 Å². The van der Waals surface area contributed by atoms with Crippen molar-refractivity contribution in [3.63, 3.8) is 0 Å². The van der Waals surface area contributed by atoms with Crippen LogP contribution in [0.1, 0.15) is 46.5 Å². The lowest BCUT2D eigenvalue weighted by Crippen LogP contribution is -2.43. The van der Waals surface area contributed by atoms with Gasteiger partial charge in [-0.15, -0.1) is 0 Å². The van der Waals surface area contributed by atoms with Gasteiger partial charge in [0.25, 0.3) is 0 Å². The Kier molecular flexibility index (Phi) is 4.31. The summed E-state index contributed by atoms with van der Waals surface area (Å²) in [6.45, 7) is 8.66. The van der Waals surface area contributed by atoms with Gasteiger partial charge < -0.3 is 10.6 Å². The van der Waals surface area contributed by atoms with Gasteiger partial charge >= 0.3 is 0 Å². The fourth-order valence-electron chi connectivity index (χ4n) is 3.46.